The van der Waals surface area contributed by atoms with Crippen molar-refractivity contribution in [2.24, 2.45) is 16.8 Å². The summed E-state index contributed by atoms with van der Waals surface area (Å²) in [6, 6.07) is 7.38. The van der Waals surface area contributed by atoms with Crippen molar-refractivity contribution in [1.82, 2.24) is 5.32 Å². The lowest BCUT2D eigenvalue weighted by atomic mass is 10.1. The zero-order valence-electron chi connectivity index (χ0n) is 10.4. The fourth-order valence-corrected chi connectivity index (χ4v) is 1.97. The summed E-state index contributed by atoms with van der Waals surface area (Å²) < 4.78 is 0. The Balaban J connectivity index is 2.66. The molecule has 6 heteroatoms. The molecule has 1 atom stereocenters. The molecular weight excluding hydrogens is 250 g/mol. The minimum absolute atomic E-state index is 0.105. The van der Waals surface area contributed by atoms with Gasteiger partial charge in [0, 0.05) is 17.4 Å². The molecule has 98 valence electrons. The van der Waals surface area contributed by atoms with Crippen molar-refractivity contribution in [1.29, 1.82) is 0 Å². The van der Waals surface area contributed by atoms with Crippen molar-refractivity contribution in [3.63, 3.8) is 0 Å². The van der Waals surface area contributed by atoms with Crippen molar-refractivity contribution >= 4 is 23.5 Å². The van der Waals surface area contributed by atoms with E-state index in [1.54, 1.807) is 13.0 Å². The topological polar surface area (TPSA) is 87.7 Å². The maximum absolute atomic E-state index is 12.0. The van der Waals surface area contributed by atoms with Crippen LogP contribution in [0, 0.1) is 5.92 Å². The number of nitrogens with zero attached hydrogens (tertiary/aromatic N) is 1. The number of amidine groups is 1. The van der Waals surface area contributed by atoms with Crippen molar-refractivity contribution in [2.75, 3.05) is 12.8 Å². The minimum Gasteiger partial charge on any atom is -0.409 e. The summed E-state index contributed by atoms with van der Waals surface area (Å²) in [6.07, 6.45) is 1.92. The highest BCUT2D eigenvalue weighted by atomic mass is 32.2. The normalized spacial score (nSPS) is 13.1. The first kappa shape index (κ1) is 14.4. The first-order valence-corrected chi connectivity index (χ1v) is 6.71. The second kappa shape index (κ2) is 6.90. The van der Waals surface area contributed by atoms with Crippen LogP contribution in [0.4, 0.5) is 0 Å². The Bertz CT molecular complexity index is 449. The zero-order valence-corrected chi connectivity index (χ0v) is 11.2. The van der Waals surface area contributed by atoms with Crippen LogP contribution in [-0.4, -0.2) is 29.8 Å². The molecule has 0 aliphatic carbocycles. The minimum atomic E-state index is -0.208. The van der Waals surface area contributed by atoms with E-state index in [2.05, 4.69) is 10.5 Å². The summed E-state index contributed by atoms with van der Waals surface area (Å²) in [7, 11) is 0. The van der Waals surface area contributed by atoms with Gasteiger partial charge in [-0.15, -0.1) is 11.8 Å². The lowest BCUT2D eigenvalue weighted by Crippen LogP contribution is -2.34. The third-order valence-electron chi connectivity index (χ3n) is 2.54. The Labute approximate surface area is 110 Å². The highest BCUT2D eigenvalue weighted by molar-refractivity contribution is 7.98. The number of carbonyl (C=O) groups excluding carboxylic acids is 1. The number of rotatable bonds is 5. The molecule has 0 heterocycles. The molecule has 1 aromatic rings. The number of oxime groups is 1. The van der Waals surface area contributed by atoms with Crippen LogP contribution < -0.4 is 11.1 Å². The molecule has 0 aliphatic heterocycles. The van der Waals surface area contributed by atoms with E-state index in [0.29, 0.717) is 12.1 Å². The molecule has 1 aromatic carbocycles. The van der Waals surface area contributed by atoms with Crippen LogP contribution in [0.5, 0.6) is 0 Å². The standard InChI is InChI=1S/C12H17N3O2S/c1-8(11(13)15-17)7-14-12(16)9-5-3-4-6-10(9)18-2/h3-6,8,17H,7H2,1-2H3,(H2,13,15)(H,14,16). The molecule has 0 saturated carbocycles. The number of amides is 1. The zero-order chi connectivity index (χ0) is 13.5. The number of hydrogen-bond acceptors (Lipinski definition) is 4. The van der Waals surface area contributed by atoms with E-state index >= 15 is 0 Å². The van der Waals surface area contributed by atoms with Gasteiger partial charge in [-0.3, -0.25) is 4.79 Å². The molecule has 0 bridgehead atoms. The highest BCUT2D eigenvalue weighted by Gasteiger charge is 2.13. The summed E-state index contributed by atoms with van der Waals surface area (Å²) in [5, 5.41) is 14.2. The molecule has 5 nitrogen and oxygen atoms in total. The number of carbonyl (C=O) groups is 1. The molecule has 1 rings (SSSR count). The quantitative estimate of drug-likeness (QED) is 0.248. The van der Waals surface area contributed by atoms with Gasteiger partial charge in [-0.05, 0) is 18.4 Å². The van der Waals surface area contributed by atoms with Gasteiger partial charge in [0.2, 0.25) is 0 Å². The van der Waals surface area contributed by atoms with Crippen molar-refractivity contribution < 1.29 is 10.0 Å². The van der Waals surface area contributed by atoms with Gasteiger partial charge in [0.05, 0.1) is 5.56 Å². The second-order valence-corrected chi connectivity index (χ2v) is 4.68. The molecule has 0 saturated heterocycles. The van der Waals surface area contributed by atoms with Gasteiger partial charge < -0.3 is 16.3 Å². The van der Waals surface area contributed by atoms with Crippen LogP contribution in [0.25, 0.3) is 0 Å². The molecule has 0 aromatic heterocycles. The van der Waals surface area contributed by atoms with E-state index in [-0.39, 0.29) is 17.7 Å². The van der Waals surface area contributed by atoms with Gasteiger partial charge in [0.1, 0.15) is 5.84 Å². The summed E-state index contributed by atoms with van der Waals surface area (Å²) >= 11 is 1.52. The SMILES string of the molecule is CSc1ccccc1C(=O)NCC(C)C(N)=NO. The van der Waals surface area contributed by atoms with Crippen molar-refractivity contribution in [3.8, 4) is 0 Å². The average molecular weight is 267 g/mol. The first-order valence-electron chi connectivity index (χ1n) is 5.48. The molecule has 1 amide bonds. The molecule has 18 heavy (non-hydrogen) atoms. The smallest absolute Gasteiger partial charge is 0.252 e. The third-order valence-corrected chi connectivity index (χ3v) is 3.34. The Morgan fingerprint density at radius 2 is 2.22 bits per heavy atom. The predicted octanol–water partition coefficient (Wildman–Crippen LogP) is 1.52. The number of hydrogen-bond donors (Lipinski definition) is 3. The Hall–Kier alpha value is -1.69. The van der Waals surface area contributed by atoms with Gasteiger partial charge in [-0.2, -0.15) is 0 Å². The molecule has 0 radical (unpaired) electrons. The van der Waals surface area contributed by atoms with E-state index in [9.17, 15) is 4.79 Å². The number of benzene rings is 1. The van der Waals surface area contributed by atoms with Crippen molar-refractivity contribution in [3.05, 3.63) is 29.8 Å². The second-order valence-electron chi connectivity index (χ2n) is 3.84. The van der Waals surface area contributed by atoms with Crippen LogP contribution in [-0.2, 0) is 0 Å². The van der Waals surface area contributed by atoms with E-state index in [0.717, 1.165) is 4.90 Å². The van der Waals surface area contributed by atoms with Gasteiger partial charge in [0.15, 0.2) is 0 Å². The largest absolute Gasteiger partial charge is 0.409 e. The summed E-state index contributed by atoms with van der Waals surface area (Å²) in [6.45, 7) is 2.10. The fraction of sp³-hybridized carbons (Fsp3) is 0.333. The van der Waals surface area contributed by atoms with Gasteiger partial charge in [-0.25, -0.2) is 0 Å². The number of thioether (sulfide) groups is 1. The molecule has 0 aliphatic rings. The summed E-state index contributed by atoms with van der Waals surface area (Å²) in [4.78, 5) is 12.9. The Kier molecular flexibility index (Phi) is 5.51. The van der Waals surface area contributed by atoms with Crippen LogP contribution in [0.2, 0.25) is 0 Å². The fourth-order valence-electron chi connectivity index (χ4n) is 1.38. The van der Waals surface area contributed by atoms with Gasteiger partial charge in [0.25, 0.3) is 5.91 Å². The van der Waals surface area contributed by atoms with E-state index in [1.807, 2.05) is 24.5 Å². The van der Waals surface area contributed by atoms with Gasteiger partial charge >= 0.3 is 0 Å². The number of nitrogens with two attached hydrogens (primary N) is 1. The Morgan fingerprint density at radius 1 is 1.56 bits per heavy atom. The molecular formula is C12H17N3O2S. The highest BCUT2D eigenvalue weighted by Crippen LogP contribution is 2.19. The van der Waals surface area contributed by atoms with Gasteiger partial charge in [-0.1, -0.05) is 24.2 Å². The maximum Gasteiger partial charge on any atom is 0.252 e. The van der Waals surface area contributed by atoms with Crippen molar-refractivity contribution in [2.45, 2.75) is 11.8 Å². The molecule has 0 spiro atoms. The number of nitrogens with one attached hydrogen (secondary N) is 1. The van der Waals surface area contributed by atoms with Crippen LogP contribution in [0.3, 0.4) is 0 Å². The van der Waals surface area contributed by atoms with E-state index in [1.165, 1.54) is 11.8 Å². The summed E-state index contributed by atoms with van der Waals surface area (Å²) in [5.41, 5.74) is 6.08. The van der Waals surface area contributed by atoms with Crippen LogP contribution in [0.15, 0.2) is 34.3 Å². The van der Waals surface area contributed by atoms with Crippen LogP contribution >= 0.6 is 11.8 Å². The summed E-state index contributed by atoms with van der Waals surface area (Å²) in [5.74, 6) is -0.258. The lowest BCUT2D eigenvalue weighted by Gasteiger charge is -2.12. The monoisotopic (exact) mass is 267 g/mol. The molecule has 1 unspecified atom stereocenters. The van der Waals surface area contributed by atoms with Crippen LogP contribution in [0.1, 0.15) is 17.3 Å². The molecule has 4 N–H and O–H groups in total. The third kappa shape index (κ3) is 3.66. The van der Waals surface area contributed by atoms with E-state index < -0.39 is 0 Å². The first-order chi connectivity index (χ1) is 8.60. The lowest BCUT2D eigenvalue weighted by molar-refractivity contribution is 0.0948. The maximum atomic E-state index is 12.0. The average Bonchev–Trinajstić information content (AvgIpc) is 2.43. The van der Waals surface area contributed by atoms with E-state index in [4.69, 9.17) is 10.9 Å². The predicted molar refractivity (Wildman–Crippen MR) is 73.1 cm³/mol. The molecule has 0 fully saturated rings. The Morgan fingerprint density at radius 3 is 2.83 bits per heavy atom.